The van der Waals surface area contributed by atoms with E-state index in [0.29, 0.717) is 24.4 Å². The number of nitrogens with one attached hydrogen (secondary N) is 1. The molecule has 0 saturated heterocycles. The quantitative estimate of drug-likeness (QED) is 0.795. The summed E-state index contributed by atoms with van der Waals surface area (Å²) in [5.41, 5.74) is -1.49. The van der Waals surface area contributed by atoms with Gasteiger partial charge < -0.3 is 14.6 Å². The van der Waals surface area contributed by atoms with E-state index in [1.807, 2.05) is 6.92 Å². The van der Waals surface area contributed by atoms with Gasteiger partial charge in [0.05, 0.1) is 5.56 Å². The van der Waals surface area contributed by atoms with Gasteiger partial charge in [0.2, 0.25) is 11.8 Å². The molecule has 0 bridgehead atoms. The Balaban J connectivity index is 2.18. The van der Waals surface area contributed by atoms with E-state index in [1.165, 1.54) is 4.90 Å². The van der Waals surface area contributed by atoms with Gasteiger partial charge in [-0.1, -0.05) is 6.92 Å². The highest BCUT2D eigenvalue weighted by Gasteiger charge is 2.31. The fourth-order valence-corrected chi connectivity index (χ4v) is 2.15. The first kappa shape index (κ1) is 19.7. The minimum absolute atomic E-state index is 0.0298. The van der Waals surface area contributed by atoms with Gasteiger partial charge in [-0.2, -0.15) is 13.2 Å². The van der Waals surface area contributed by atoms with Crippen molar-refractivity contribution in [3.8, 4) is 0 Å². The SMILES string of the molecule is CCc1nnc(CN(C(=O)Nc2cc(F)cc(C(F)(F)F)c2)C(C)C)o1. The summed E-state index contributed by atoms with van der Waals surface area (Å²) in [6, 6.07) is 0.813. The molecule has 1 aromatic heterocycles. The number of hydrogen-bond donors (Lipinski definition) is 1. The fourth-order valence-electron chi connectivity index (χ4n) is 2.15. The molecule has 0 atom stereocenters. The third-order valence-electron chi connectivity index (χ3n) is 3.48. The van der Waals surface area contributed by atoms with Crippen LogP contribution in [0.3, 0.4) is 0 Å². The molecule has 0 radical (unpaired) electrons. The number of amides is 2. The maximum atomic E-state index is 13.5. The molecule has 0 aliphatic heterocycles. The minimum atomic E-state index is -4.72. The zero-order valence-corrected chi connectivity index (χ0v) is 14.4. The van der Waals surface area contributed by atoms with E-state index in [4.69, 9.17) is 4.42 Å². The van der Waals surface area contributed by atoms with Gasteiger partial charge in [-0.05, 0) is 32.0 Å². The molecule has 142 valence electrons. The average molecular weight is 374 g/mol. The number of nitrogens with zero attached hydrogens (tertiary/aromatic N) is 3. The van der Waals surface area contributed by atoms with E-state index < -0.39 is 23.6 Å². The third-order valence-corrected chi connectivity index (χ3v) is 3.48. The number of alkyl halides is 3. The second-order valence-electron chi connectivity index (χ2n) is 5.82. The molecular weight excluding hydrogens is 356 g/mol. The van der Waals surface area contributed by atoms with E-state index >= 15 is 0 Å². The number of carbonyl (C=O) groups is 1. The lowest BCUT2D eigenvalue weighted by atomic mass is 10.2. The molecule has 2 amide bonds. The Labute approximate surface area is 147 Å². The lowest BCUT2D eigenvalue weighted by Gasteiger charge is -2.25. The number of rotatable bonds is 5. The van der Waals surface area contributed by atoms with Crippen molar-refractivity contribution in [1.82, 2.24) is 15.1 Å². The van der Waals surface area contributed by atoms with E-state index in [1.54, 1.807) is 13.8 Å². The van der Waals surface area contributed by atoms with Crippen molar-refractivity contribution in [3.63, 3.8) is 0 Å². The summed E-state index contributed by atoms with van der Waals surface area (Å²) in [7, 11) is 0. The summed E-state index contributed by atoms with van der Waals surface area (Å²) >= 11 is 0. The monoisotopic (exact) mass is 374 g/mol. The lowest BCUT2D eigenvalue weighted by Crippen LogP contribution is -2.39. The van der Waals surface area contributed by atoms with E-state index in [0.717, 1.165) is 6.07 Å². The predicted octanol–water partition coefficient (Wildman–Crippen LogP) is 4.23. The summed E-state index contributed by atoms with van der Waals surface area (Å²) in [6.45, 7) is 5.22. The first-order valence-electron chi connectivity index (χ1n) is 7.86. The van der Waals surface area contributed by atoms with Crippen molar-refractivity contribution < 1.29 is 26.8 Å². The molecule has 0 saturated carbocycles. The van der Waals surface area contributed by atoms with Gasteiger partial charge in [-0.15, -0.1) is 10.2 Å². The van der Waals surface area contributed by atoms with E-state index in [9.17, 15) is 22.4 Å². The summed E-state index contributed by atoms with van der Waals surface area (Å²) in [4.78, 5) is 13.7. The minimum Gasteiger partial charge on any atom is -0.423 e. The van der Waals surface area contributed by atoms with Crippen LogP contribution >= 0.6 is 0 Å². The second-order valence-corrected chi connectivity index (χ2v) is 5.82. The number of urea groups is 1. The molecule has 1 aromatic carbocycles. The molecule has 2 aromatic rings. The van der Waals surface area contributed by atoms with Crippen molar-refractivity contribution in [1.29, 1.82) is 0 Å². The van der Waals surface area contributed by atoms with Crippen LogP contribution in [0.15, 0.2) is 22.6 Å². The normalized spacial score (nSPS) is 11.7. The van der Waals surface area contributed by atoms with E-state index in [-0.39, 0.29) is 24.2 Å². The van der Waals surface area contributed by atoms with Gasteiger partial charge in [0, 0.05) is 18.2 Å². The number of aromatic nitrogens is 2. The van der Waals surface area contributed by atoms with Crippen LogP contribution in [0.1, 0.15) is 38.1 Å². The van der Waals surface area contributed by atoms with Crippen molar-refractivity contribution >= 4 is 11.7 Å². The Morgan fingerprint density at radius 1 is 1.23 bits per heavy atom. The molecule has 1 N–H and O–H groups in total. The Morgan fingerprint density at radius 3 is 2.42 bits per heavy atom. The highest BCUT2D eigenvalue weighted by atomic mass is 19.4. The van der Waals surface area contributed by atoms with Crippen LogP contribution in [0.4, 0.5) is 28.0 Å². The molecular formula is C16H18F4N4O2. The van der Waals surface area contributed by atoms with Crippen molar-refractivity contribution in [2.45, 2.75) is 46.0 Å². The van der Waals surface area contributed by atoms with Crippen molar-refractivity contribution in [2.75, 3.05) is 5.32 Å². The zero-order valence-electron chi connectivity index (χ0n) is 14.4. The van der Waals surface area contributed by atoms with Crippen LogP contribution in [0, 0.1) is 5.82 Å². The van der Waals surface area contributed by atoms with Crippen molar-refractivity contribution in [3.05, 3.63) is 41.4 Å². The molecule has 0 aliphatic rings. The van der Waals surface area contributed by atoms with Crippen molar-refractivity contribution in [2.24, 2.45) is 0 Å². The topological polar surface area (TPSA) is 71.3 Å². The zero-order chi connectivity index (χ0) is 19.5. The van der Waals surface area contributed by atoms with Crippen LogP contribution in [0.5, 0.6) is 0 Å². The summed E-state index contributed by atoms with van der Waals surface area (Å²) < 4.78 is 57.1. The molecule has 10 heteroatoms. The van der Waals surface area contributed by atoms with Gasteiger partial charge in [-0.3, -0.25) is 0 Å². The second kappa shape index (κ2) is 7.71. The van der Waals surface area contributed by atoms with Gasteiger partial charge in [0.1, 0.15) is 12.4 Å². The Bertz CT molecular complexity index is 774. The van der Waals surface area contributed by atoms with E-state index in [2.05, 4.69) is 15.5 Å². The number of aryl methyl sites for hydroxylation is 1. The number of hydrogen-bond acceptors (Lipinski definition) is 4. The Kier molecular flexibility index (Phi) is 5.83. The van der Waals surface area contributed by atoms with Gasteiger partial charge in [-0.25, -0.2) is 9.18 Å². The smallest absolute Gasteiger partial charge is 0.416 e. The molecule has 0 fully saturated rings. The van der Waals surface area contributed by atoms with Gasteiger partial charge in [0.25, 0.3) is 0 Å². The largest absolute Gasteiger partial charge is 0.423 e. The molecule has 0 aliphatic carbocycles. The van der Waals surface area contributed by atoms with Crippen LogP contribution in [0.25, 0.3) is 0 Å². The summed E-state index contributed by atoms with van der Waals surface area (Å²) in [5.74, 6) is -0.499. The number of carbonyl (C=O) groups excluding carboxylic acids is 1. The lowest BCUT2D eigenvalue weighted by molar-refractivity contribution is -0.137. The molecule has 6 nitrogen and oxygen atoms in total. The average Bonchev–Trinajstić information content (AvgIpc) is 2.98. The third kappa shape index (κ3) is 4.93. The highest BCUT2D eigenvalue weighted by molar-refractivity contribution is 5.89. The summed E-state index contributed by atoms with van der Waals surface area (Å²) in [6.07, 6.45) is -4.19. The maximum absolute atomic E-state index is 13.5. The van der Waals surface area contributed by atoms with Crippen LogP contribution < -0.4 is 5.32 Å². The fraction of sp³-hybridized carbons (Fsp3) is 0.438. The highest BCUT2D eigenvalue weighted by Crippen LogP contribution is 2.31. The Hall–Kier alpha value is -2.65. The Morgan fingerprint density at radius 2 is 1.88 bits per heavy atom. The number of anilines is 1. The predicted molar refractivity (Wildman–Crippen MR) is 84.8 cm³/mol. The number of benzene rings is 1. The van der Waals surface area contributed by atoms with Gasteiger partial charge in [0.15, 0.2) is 0 Å². The molecule has 1 heterocycles. The van der Waals surface area contributed by atoms with Crippen LogP contribution in [0.2, 0.25) is 0 Å². The van der Waals surface area contributed by atoms with Gasteiger partial charge >= 0.3 is 12.2 Å². The maximum Gasteiger partial charge on any atom is 0.416 e. The van der Waals surface area contributed by atoms with Crippen LogP contribution in [-0.2, 0) is 19.1 Å². The number of halogens is 4. The molecule has 2 rings (SSSR count). The molecule has 0 spiro atoms. The summed E-state index contributed by atoms with van der Waals surface area (Å²) in [5, 5.41) is 9.88. The molecule has 0 unspecified atom stereocenters. The first-order chi connectivity index (χ1) is 12.1. The van der Waals surface area contributed by atoms with Crippen LogP contribution in [-0.4, -0.2) is 27.2 Å². The molecule has 26 heavy (non-hydrogen) atoms. The standard InChI is InChI=1S/C16H18F4N4O2/c1-4-13-22-23-14(26-13)8-24(9(2)3)15(25)21-12-6-10(16(18,19)20)5-11(17)7-12/h5-7,9H,4,8H2,1-3H3,(H,21,25). The first-order valence-corrected chi connectivity index (χ1v) is 7.86.